The van der Waals surface area contributed by atoms with E-state index in [-0.39, 0.29) is 27.8 Å². The maximum absolute atomic E-state index is 12.5. The third kappa shape index (κ3) is 6.14. The molecule has 0 unspecified atom stereocenters. The van der Waals surface area contributed by atoms with E-state index in [1.807, 2.05) is 29.5 Å². The van der Waals surface area contributed by atoms with Gasteiger partial charge in [0.2, 0.25) is 5.91 Å². The first kappa shape index (κ1) is 24.3. The Bertz CT molecular complexity index is 1100. The van der Waals surface area contributed by atoms with Gasteiger partial charge in [0.1, 0.15) is 12.3 Å². The Morgan fingerprint density at radius 3 is 2.75 bits per heavy atom. The van der Waals surface area contributed by atoms with Crippen LogP contribution in [-0.2, 0) is 14.3 Å². The number of nitrogens with zero attached hydrogens (tertiary/aromatic N) is 1. The second-order valence-corrected chi connectivity index (χ2v) is 9.11. The summed E-state index contributed by atoms with van der Waals surface area (Å²) < 4.78 is 11.2. The lowest BCUT2D eigenvalue weighted by molar-refractivity contribution is -0.127. The second-order valence-electron chi connectivity index (χ2n) is 6.64. The van der Waals surface area contributed by atoms with Gasteiger partial charge in [-0.25, -0.2) is 4.79 Å². The van der Waals surface area contributed by atoms with Crippen LogP contribution in [0.2, 0.25) is 5.02 Å². The van der Waals surface area contributed by atoms with E-state index in [4.69, 9.17) is 20.8 Å². The van der Waals surface area contributed by atoms with Crippen LogP contribution in [0.4, 0.5) is 10.5 Å². The Kier molecular flexibility index (Phi) is 8.38. The predicted molar refractivity (Wildman–Crippen MR) is 129 cm³/mol. The fourth-order valence-corrected chi connectivity index (χ4v) is 4.11. The first-order valence-electron chi connectivity index (χ1n) is 9.55. The lowest BCUT2D eigenvalue weighted by Crippen LogP contribution is -2.36. The topological polar surface area (TPSA) is 106 Å². The minimum Gasteiger partial charge on any atom is -0.462 e. The van der Waals surface area contributed by atoms with Crippen LogP contribution in [0.3, 0.4) is 0 Å². The second kappa shape index (κ2) is 11.0. The van der Waals surface area contributed by atoms with Gasteiger partial charge in [-0.15, -0.1) is 0 Å². The number of furan rings is 1. The monoisotopic (exact) mass is 588 g/mol. The van der Waals surface area contributed by atoms with Crippen LogP contribution in [0, 0.1) is 3.77 Å². The Morgan fingerprint density at radius 1 is 1.28 bits per heavy atom. The van der Waals surface area contributed by atoms with Crippen LogP contribution < -0.4 is 5.32 Å². The van der Waals surface area contributed by atoms with Crippen LogP contribution in [0.15, 0.2) is 39.7 Å². The van der Waals surface area contributed by atoms with E-state index in [1.165, 1.54) is 24.3 Å². The van der Waals surface area contributed by atoms with Gasteiger partial charge in [0, 0.05) is 11.8 Å². The largest absolute Gasteiger partial charge is 0.462 e. The summed E-state index contributed by atoms with van der Waals surface area (Å²) in [5.74, 6) is -1.35. The molecule has 2 aromatic rings. The van der Waals surface area contributed by atoms with Gasteiger partial charge in [-0.1, -0.05) is 24.9 Å². The maximum Gasteiger partial charge on any atom is 0.339 e. The van der Waals surface area contributed by atoms with Gasteiger partial charge >= 0.3 is 5.97 Å². The number of carbonyl (C=O) groups is 4. The van der Waals surface area contributed by atoms with Crippen LogP contribution >= 0.6 is 46.0 Å². The molecule has 168 valence electrons. The number of imide groups is 1. The standard InChI is InChI=1S/C21H18ClIN2O6S/c1-2-3-8-30-20(28)14-9-12(4-6-15(14)22)24-18(26)11-25-19(27)16(32-21(25)29)10-13-5-7-17(23)31-13/h4-7,9-10H,2-3,8,11H2,1H3,(H,24,26)/b16-10-. The predicted octanol–water partition coefficient (Wildman–Crippen LogP) is 5.17. The van der Waals surface area contributed by atoms with Crippen LogP contribution in [-0.4, -0.2) is 41.1 Å². The van der Waals surface area contributed by atoms with Crippen molar-refractivity contribution in [2.45, 2.75) is 19.8 Å². The number of benzene rings is 1. The summed E-state index contributed by atoms with van der Waals surface area (Å²) in [7, 11) is 0. The minimum atomic E-state index is -0.603. The zero-order valence-corrected chi connectivity index (χ0v) is 20.6. The number of nitrogens with one attached hydrogen (secondary N) is 1. The third-order valence-electron chi connectivity index (χ3n) is 4.24. The SMILES string of the molecule is CCCCOC(=O)c1cc(NC(=O)CN2C(=O)S/C(=C\c3ccc(I)o3)C2=O)ccc1Cl. The number of unbranched alkanes of at least 4 members (excludes halogenated alkanes) is 1. The van der Waals surface area contributed by atoms with Crippen molar-refractivity contribution in [3.8, 4) is 0 Å². The number of hydrogen-bond acceptors (Lipinski definition) is 7. The molecule has 2 heterocycles. The highest BCUT2D eigenvalue weighted by molar-refractivity contribution is 14.1. The normalized spacial score (nSPS) is 14.8. The van der Waals surface area contributed by atoms with Crippen molar-refractivity contribution in [1.29, 1.82) is 0 Å². The molecule has 1 N–H and O–H groups in total. The van der Waals surface area contributed by atoms with Crippen LogP contribution in [0.1, 0.15) is 35.9 Å². The molecular weight excluding hydrogens is 571 g/mol. The number of ether oxygens (including phenoxy) is 1. The molecule has 0 radical (unpaired) electrons. The summed E-state index contributed by atoms with van der Waals surface area (Å²) >= 11 is 8.79. The molecule has 8 nitrogen and oxygen atoms in total. The summed E-state index contributed by atoms with van der Waals surface area (Å²) in [6, 6.07) is 7.76. The van der Waals surface area contributed by atoms with Crippen molar-refractivity contribution in [2.75, 3.05) is 18.5 Å². The highest BCUT2D eigenvalue weighted by atomic mass is 127. The number of halogens is 2. The number of amides is 3. The summed E-state index contributed by atoms with van der Waals surface area (Å²) in [5, 5.41) is 2.19. The van der Waals surface area contributed by atoms with Gasteiger partial charge in [-0.05, 0) is 71.1 Å². The van der Waals surface area contributed by atoms with Crippen molar-refractivity contribution < 1.29 is 28.3 Å². The molecule has 3 rings (SSSR count). The molecule has 1 aliphatic rings. The molecule has 1 saturated heterocycles. The molecule has 3 amide bonds. The van der Waals surface area contributed by atoms with Gasteiger partial charge in [-0.3, -0.25) is 19.3 Å². The van der Waals surface area contributed by atoms with E-state index >= 15 is 0 Å². The summed E-state index contributed by atoms with van der Waals surface area (Å²) in [5.41, 5.74) is 0.400. The van der Waals surface area contributed by atoms with Crippen molar-refractivity contribution in [2.24, 2.45) is 0 Å². The van der Waals surface area contributed by atoms with Crippen LogP contribution in [0.5, 0.6) is 0 Å². The molecule has 11 heteroatoms. The number of hydrogen-bond donors (Lipinski definition) is 1. The van der Waals surface area contributed by atoms with Gasteiger partial charge < -0.3 is 14.5 Å². The van der Waals surface area contributed by atoms with Gasteiger partial charge in [0.05, 0.1) is 22.1 Å². The molecule has 0 aliphatic carbocycles. The van der Waals surface area contributed by atoms with E-state index < -0.39 is 29.6 Å². The number of anilines is 1. The quantitative estimate of drug-likeness (QED) is 0.196. The molecule has 0 saturated carbocycles. The highest BCUT2D eigenvalue weighted by Crippen LogP contribution is 2.32. The highest BCUT2D eigenvalue weighted by Gasteiger charge is 2.36. The van der Waals surface area contributed by atoms with Gasteiger partial charge in [-0.2, -0.15) is 0 Å². The van der Waals surface area contributed by atoms with E-state index in [9.17, 15) is 19.2 Å². The molecule has 1 fully saturated rings. The summed E-state index contributed by atoms with van der Waals surface area (Å²) in [6.45, 7) is 1.77. The van der Waals surface area contributed by atoms with E-state index in [0.717, 1.165) is 29.5 Å². The van der Waals surface area contributed by atoms with Crippen molar-refractivity contribution in [3.63, 3.8) is 0 Å². The Morgan fingerprint density at radius 2 is 2.06 bits per heavy atom. The minimum absolute atomic E-state index is 0.114. The third-order valence-corrected chi connectivity index (χ3v) is 6.06. The van der Waals surface area contributed by atoms with Gasteiger partial charge in [0.25, 0.3) is 11.1 Å². The lowest BCUT2D eigenvalue weighted by atomic mass is 10.2. The van der Waals surface area contributed by atoms with E-state index in [0.29, 0.717) is 9.53 Å². The average Bonchev–Trinajstić information content (AvgIpc) is 3.27. The molecule has 1 aromatic carbocycles. The fraction of sp³-hybridized carbons (Fsp3) is 0.238. The zero-order chi connectivity index (χ0) is 23.3. The molecule has 0 spiro atoms. The maximum atomic E-state index is 12.5. The average molecular weight is 589 g/mol. The molecule has 0 bridgehead atoms. The molecule has 32 heavy (non-hydrogen) atoms. The molecule has 1 aromatic heterocycles. The van der Waals surface area contributed by atoms with Gasteiger partial charge in [0.15, 0.2) is 3.77 Å². The first-order valence-corrected chi connectivity index (χ1v) is 11.8. The first-order chi connectivity index (χ1) is 15.3. The number of rotatable bonds is 8. The zero-order valence-electron chi connectivity index (χ0n) is 16.9. The number of carbonyl (C=O) groups excluding carboxylic acids is 4. The number of thioether (sulfide) groups is 1. The molecule has 0 atom stereocenters. The van der Waals surface area contributed by atoms with Crippen molar-refractivity contribution >= 4 is 80.7 Å². The smallest absolute Gasteiger partial charge is 0.339 e. The Balaban J connectivity index is 1.64. The van der Waals surface area contributed by atoms with Crippen molar-refractivity contribution in [3.05, 3.63) is 55.4 Å². The summed E-state index contributed by atoms with van der Waals surface area (Å²) in [6.07, 6.45) is 3.06. The lowest BCUT2D eigenvalue weighted by Gasteiger charge is -2.13. The van der Waals surface area contributed by atoms with E-state index in [2.05, 4.69) is 5.32 Å². The fourth-order valence-electron chi connectivity index (χ4n) is 2.66. The van der Waals surface area contributed by atoms with E-state index in [1.54, 1.807) is 12.1 Å². The molecular formula is C21H18ClIN2O6S. The van der Waals surface area contributed by atoms with Crippen molar-refractivity contribution in [1.82, 2.24) is 4.90 Å². The Labute approximate surface area is 206 Å². The number of esters is 1. The van der Waals surface area contributed by atoms with Crippen LogP contribution in [0.25, 0.3) is 6.08 Å². The summed E-state index contributed by atoms with van der Waals surface area (Å²) in [4.78, 5) is 50.4. The molecule has 1 aliphatic heterocycles. The Hall–Kier alpha value is -2.31.